The van der Waals surface area contributed by atoms with Gasteiger partial charge >= 0.3 is 12.0 Å². The van der Waals surface area contributed by atoms with Crippen LogP contribution in [-0.4, -0.2) is 42.1 Å². The Hall–Kier alpha value is -1.93. The highest BCUT2D eigenvalue weighted by Crippen LogP contribution is 2.15. The van der Waals surface area contributed by atoms with E-state index in [9.17, 15) is 14.4 Å². The van der Waals surface area contributed by atoms with Crippen molar-refractivity contribution in [3.63, 3.8) is 0 Å². The van der Waals surface area contributed by atoms with Gasteiger partial charge in [0.25, 0.3) is 5.91 Å². The van der Waals surface area contributed by atoms with E-state index in [1.54, 1.807) is 24.3 Å². The molecule has 9 heteroatoms. The highest BCUT2D eigenvalue weighted by atomic mass is 35.5. The first-order valence-electron chi connectivity index (χ1n) is 7.15. The lowest BCUT2D eigenvalue weighted by molar-refractivity contribution is -0.155. The number of carbonyl (C=O) groups is 3. The zero-order chi connectivity index (χ0) is 18.1. The summed E-state index contributed by atoms with van der Waals surface area (Å²) in [6.07, 6.45) is 1.18. The SMILES string of the molecule is CSCC[C@@H](NC(N)=O)C(=O)O[C@H](C)C(=O)Nc1cccc(Cl)c1. The fourth-order valence-electron chi connectivity index (χ4n) is 1.78. The summed E-state index contributed by atoms with van der Waals surface area (Å²) < 4.78 is 5.11. The summed E-state index contributed by atoms with van der Waals surface area (Å²) in [7, 11) is 0. The van der Waals surface area contributed by atoms with E-state index in [-0.39, 0.29) is 0 Å². The summed E-state index contributed by atoms with van der Waals surface area (Å²) in [6, 6.07) is 4.87. The first-order chi connectivity index (χ1) is 11.3. The van der Waals surface area contributed by atoms with Crippen molar-refractivity contribution in [2.75, 3.05) is 17.3 Å². The molecule has 0 aliphatic rings. The van der Waals surface area contributed by atoms with Crippen LogP contribution in [0.2, 0.25) is 5.02 Å². The summed E-state index contributed by atoms with van der Waals surface area (Å²) in [4.78, 5) is 35.1. The Morgan fingerprint density at radius 2 is 2.08 bits per heavy atom. The maximum atomic E-state index is 12.1. The van der Waals surface area contributed by atoms with Crippen LogP contribution in [0.5, 0.6) is 0 Å². The van der Waals surface area contributed by atoms with Crippen LogP contribution >= 0.6 is 23.4 Å². The summed E-state index contributed by atoms with van der Waals surface area (Å²) in [5.74, 6) is -0.590. The Bertz CT molecular complexity index is 600. The molecule has 7 nitrogen and oxygen atoms in total. The summed E-state index contributed by atoms with van der Waals surface area (Å²) in [5.41, 5.74) is 5.54. The number of urea groups is 1. The van der Waals surface area contributed by atoms with Crippen molar-refractivity contribution in [1.82, 2.24) is 5.32 Å². The van der Waals surface area contributed by atoms with Crippen molar-refractivity contribution in [2.24, 2.45) is 5.73 Å². The van der Waals surface area contributed by atoms with E-state index in [0.29, 0.717) is 22.9 Å². The van der Waals surface area contributed by atoms with Gasteiger partial charge in [0.05, 0.1) is 0 Å². The quantitative estimate of drug-likeness (QED) is 0.603. The number of amides is 3. The van der Waals surface area contributed by atoms with Gasteiger partial charge in [-0.15, -0.1) is 0 Å². The van der Waals surface area contributed by atoms with Gasteiger partial charge in [-0.3, -0.25) is 4.79 Å². The van der Waals surface area contributed by atoms with Gasteiger partial charge < -0.3 is 21.1 Å². The number of nitrogens with two attached hydrogens (primary N) is 1. The number of primary amides is 1. The Morgan fingerprint density at radius 1 is 1.38 bits per heavy atom. The van der Waals surface area contributed by atoms with E-state index in [0.717, 1.165) is 0 Å². The minimum atomic E-state index is -1.04. The standard InChI is InChI=1S/C15H20ClN3O4S/c1-9(13(20)18-11-5-3-4-10(16)8-11)23-14(21)12(6-7-24-2)19-15(17)22/h3-5,8-9,12H,6-7H2,1-2H3,(H,18,20)(H3,17,19,22)/t9-,12-/m1/s1. The summed E-state index contributed by atoms with van der Waals surface area (Å²) >= 11 is 7.35. The molecule has 0 aliphatic carbocycles. The lowest BCUT2D eigenvalue weighted by atomic mass is 10.2. The van der Waals surface area contributed by atoms with E-state index < -0.39 is 30.1 Å². The molecule has 3 amide bonds. The highest BCUT2D eigenvalue weighted by Gasteiger charge is 2.25. The molecule has 1 rings (SSSR count). The van der Waals surface area contributed by atoms with Crippen molar-refractivity contribution in [2.45, 2.75) is 25.5 Å². The highest BCUT2D eigenvalue weighted by molar-refractivity contribution is 7.98. The second-order valence-electron chi connectivity index (χ2n) is 4.92. The number of esters is 1. The Balaban J connectivity index is 2.62. The number of nitrogens with one attached hydrogen (secondary N) is 2. The first-order valence-corrected chi connectivity index (χ1v) is 8.92. The number of benzene rings is 1. The maximum Gasteiger partial charge on any atom is 0.329 e. The molecule has 4 N–H and O–H groups in total. The minimum absolute atomic E-state index is 0.353. The van der Waals surface area contributed by atoms with Crippen LogP contribution in [0.15, 0.2) is 24.3 Å². The molecule has 24 heavy (non-hydrogen) atoms. The molecular formula is C15H20ClN3O4S. The van der Waals surface area contributed by atoms with Crippen molar-refractivity contribution >= 4 is 47.0 Å². The molecule has 0 unspecified atom stereocenters. The Morgan fingerprint density at radius 3 is 2.67 bits per heavy atom. The van der Waals surface area contributed by atoms with Crippen LogP contribution in [0.25, 0.3) is 0 Å². The molecule has 1 aromatic rings. The molecule has 132 valence electrons. The van der Waals surface area contributed by atoms with Crippen molar-refractivity contribution < 1.29 is 19.1 Å². The maximum absolute atomic E-state index is 12.1. The predicted molar refractivity (Wildman–Crippen MR) is 95.1 cm³/mol. The lowest BCUT2D eigenvalue weighted by Crippen LogP contribution is -2.46. The molecular weight excluding hydrogens is 354 g/mol. The van der Waals surface area contributed by atoms with Crippen molar-refractivity contribution in [3.8, 4) is 0 Å². The first kappa shape index (κ1) is 20.1. The minimum Gasteiger partial charge on any atom is -0.451 e. The summed E-state index contributed by atoms with van der Waals surface area (Å²) in [5, 5.41) is 5.38. The monoisotopic (exact) mass is 373 g/mol. The average Bonchev–Trinajstić information content (AvgIpc) is 2.50. The topological polar surface area (TPSA) is 111 Å². The van der Waals surface area contributed by atoms with E-state index in [4.69, 9.17) is 22.1 Å². The van der Waals surface area contributed by atoms with Crippen LogP contribution < -0.4 is 16.4 Å². The van der Waals surface area contributed by atoms with Gasteiger partial charge in [0.2, 0.25) is 0 Å². The van der Waals surface area contributed by atoms with E-state index in [1.807, 2.05) is 6.26 Å². The number of hydrogen-bond acceptors (Lipinski definition) is 5. The number of thioether (sulfide) groups is 1. The number of hydrogen-bond donors (Lipinski definition) is 3. The van der Waals surface area contributed by atoms with E-state index in [2.05, 4.69) is 10.6 Å². The second-order valence-corrected chi connectivity index (χ2v) is 6.34. The fourth-order valence-corrected chi connectivity index (χ4v) is 2.44. The third-order valence-corrected chi connectivity index (χ3v) is 3.85. The number of halogens is 1. The molecule has 0 saturated heterocycles. The Kier molecular flexibility index (Phi) is 8.42. The fraction of sp³-hybridized carbons (Fsp3) is 0.400. The molecule has 2 atom stereocenters. The molecule has 0 aliphatic heterocycles. The number of anilines is 1. The van der Waals surface area contributed by atoms with Gasteiger partial charge in [-0.1, -0.05) is 17.7 Å². The smallest absolute Gasteiger partial charge is 0.329 e. The average molecular weight is 374 g/mol. The van der Waals surface area contributed by atoms with Crippen LogP contribution in [-0.2, 0) is 14.3 Å². The van der Waals surface area contributed by atoms with Crippen LogP contribution in [0.3, 0.4) is 0 Å². The van der Waals surface area contributed by atoms with Crippen LogP contribution in [0, 0.1) is 0 Å². The van der Waals surface area contributed by atoms with Crippen LogP contribution in [0.1, 0.15) is 13.3 Å². The molecule has 0 spiro atoms. The van der Waals surface area contributed by atoms with Gasteiger partial charge in [-0.25, -0.2) is 9.59 Å². The molecule has 0 aromatic heterocycles. The molecule has 0 saturated carbocycles. The lowest BCUT2D eigenvalue weighted by Gasteiger charge is -2.19. The molecule has 0 fully saturated rings. The van der Waals surface area contributed by atoms with E-state index in [1.165, 1.54) is 18.7 Å². The molecule has 0 heterocycles. The normalized spacial score (nSPS) is 12.8. The molecule has 0 radical (unpaired) electrons. The van der Waals surface area contributed by atoms with Gasteiger partial charge in [-0.05, 0) is 43.6 Å². The van der Waals surface area contributed by atoms with Gasteiger partial charge in [0, 0.05) is 10.7 Å². The van der Waals surface area contributed by atoms with E-state index >= 15 is 0 Å². The van der Waals surface area contributed by atoms with Gasteiger partial charge in [-0.2, -0.15) is 11.8 Å². The third-order valence-electron chi connectivity index (χ3n) is 2.97. The van der Waals surface area contributed by atoms with Crippen LogP contribution in [0.4, 0.5) is 10.5 Å². The number of ether oxygens (including phenoxy) is 1. The zero-order valence-electron chi connectivity index (χ0n) is 13.4. The summed E-state index contributed by atoms with van der Waals surface area (Å²) in [6.45, 7) is 1.44. The molecule has 0 bridgehead atoms. The Labute approximate surface area is 149 Å². The number of carbonyl (C=O) groups excluding carboxylic acids is 3. The predicted octanol–water partition coefficient (Wildman–Crippen LogP) is 2.00. The van der Waals surface area contributed by atoms with Gasteiger partial charge in [0.15, 0.2) is 6.10 Å². The second kappa shape index (κ2) is 10.0. The zero-order valence-corrected chi connectivity index (χ0v) is 14.9. The third kappa shape index (κ3) is 7.10. The van der Waals surface area contributed by atoms with Gasteiger partial charge in [0.1, 0.15) is 6.04 Å². The number of rotatable bonds is 8. The molecule has 1 aromatic carbocycles. The van der Waals surface area contributed by atoms with Crippen molar-refractivity contribution in [1.29, 1.82) is 0 Å². The van der Waals surface area contributed by atoms with Crippen molar-refractivity contribution in [3.05, 3.63) is 29.3 Å². The largest absolute Gasteiger partial charge is 0.451 e.